The number of hydrazine groups is 1. The molecule has 1 unspecified atom stereocenters. The van der Waals surface area contributed by atoms with Gasteiger partial charge in [-0.3, -0.25) is 40.7 Å². The summed E-state index contributed by atoms with van der Waals surface area (Å²) in [6.45, 7) is 0.678. The van der Waals surface area contributed by atoms with Crippen molar-refractivity contribution in [3.63, 3.8) is 0 Å². The number of thiocarbonyl (C=S) groups is 1. The summed E-state index contributed by atoms with van der Waals surface area (Å²) in [4.78, 5) is 48.8. The molecule has 0 radical (unpaired) electrons. The minimum atomic E-state index is -0.788. The zero-order valence-corrected chi connectivity index (χ0v) is 17.1. The standard InChI is InChI=1S/C20H19N5O5S/c26-17-10-14(12-24(17)11-13-6-2-1-3-7-13)18(27)22-23-20(31)21-19(28)15-8-4-5-9-16(15)25(29)30/h1-9,14H,10-12H2,(H,22,27)(H2,21,23,28,31). The van der Waals surface area contributed by atoms with Gasteiger partial charge in [0.2, 0.25) is 11.8 Å². The maximum atomic E-state index is 12.4. The van der Waals surface area contributed by atoms with Crippen LogP contribution in [0.25, 0.3) is 0 Å². The van der Waals surface area contributed by atoms with Crippen molar-refractivity contribution in [1.82, 2.24) is 21.1 Å². The number of benzene rings is 2. The van der Waals surface area contributed by atoms with Gasteiger partial charge in [0.1, 0.15) is 5.56 Å². The van der Waals surface area contributed by atoms with Crippen molar-refractivity contribution >= 4 is 40.7 Å². The summed E-state index contributed by atoms with van der Waals surface area (Å²) < 4.78 is 0. The van der Waals surface area contributed by atoms with Crippen molar-refractivity contribution in [2.24, 2.45) is 5.92 Å². The lowest BCUT2D eigenvalue weighted by Gasteiger charge is -2.17. The second-order valence-electron chi connectivity index (χ2n) is 6.83. The number of amides is 3. The molecule has 2 aromatic carbocycles. The molecule has 0 saturated carbocycles. The molecular weight excluding hydrogens is 422 g/mol. The summed E-state index contributed by atoms with van der Waals surface area (Å²) in [5.41, 5.74) is 5.19. The van der Waals surface area contributed by atoms with E-state index < -0.39 is 22.7 Å². The summed E-state index contributed by atoms with van der Waals surface area (Å²) in [6.07, 6.45) is 0.0652. The van der Waals surface area contributed by atoms with Gasteiger partial charge in [-0.25, -0.2) is 0 Å². The predicted octanol–water partition coefficient (Wildman–Crippen LogP) is 1.28. The topological polar surface area (TPSA) is 134 Å². The van der Waals surface area contributed by atoms with Crippen molar-refractivity contribution in [2.45, 2.75) is 13.0 Å². The third-order valence-corrected chi connectivity index (χ3v) is 4.88. The van der Waals surface area contributed by atoms with Crippen LogP contribution in [0, 0.1) is 16.0 Å². The van der Waals surface area contributed by atoms with E-state index in [1.165, 1.54) is 24.3 Å². The lowest BCUT2D eigenvalue weighted by atomic mass is 10.1. The van der Waals surface area contributed by atoms with Crippen molar-refractivity contribution < 1.29 is 19.3 Å². The Morgan fingerprint density at radius 2 is 1.77 bits per heavy atom. The van der Waals surface area contributed by atoms with Crippen LogP contribution in [0.4, 0.5) is 5.69 Å². The van der Waals surface area contributed by atoms with Gasteiger partial charge < -0.3 is 4.90 Å². The molecule has 1 aliphatic heterocycles. The first kappa shape index (κ1) is 21.8. The van der Waals surface area contributed by atoms with Crippen LogP contribution in [-0.4, -0.2) is 39.2 Å². The number of para-hydroxylation sites is 1. The van der Waals surface area contributed by atoms with Crippen LogP contribution in [0.2, 0.25) is 0 Å². The molecule has 10 nitrogen and oxygen atoms in total. The Bertz CT molecular complexity index is 1030. The highest BCUT2D eigenvalue weighted by Gasteiger charge is 2.34. The fourth-order valence-electron chi connectivity index (χ4n) is 3.15. The largest absolute Gasteiger partial charge is 0.338 e. The lowest BCUT2D eigenvalue weighted by molar-refractivity contribution is -0.385. The van der Waals surface area contributed by atoms with Crippen LogP contribution in [0.5, 0.6) is 0 Å². The van der Waals surface area contributed by atoms with Crippen LogP contribution in [0.15, 0.2) is 54.6 Å². The molecule has 160 valence electrons. The first-order chi connectivity index (χ1) is 14.8. The SMILES string of the molecule is O=C(NC(=S)NNC(=O)C1CC(=O)N(Cc2ccccc2)C1)c1ccccc1[N+](=O)[O-]. The number of likely N-dealkylation sites (tertiary alicyclic amines) is 1. The average molecular weight is 441 g/mol. The normalized spacial score (nSPS) is 15.3. The lowest BCUT2D eigenvalue weighted by Crippen LogP contribution is -2.50. The third kappa shape index (κ3) is 5.60. The highest BCUT2D eigenvalue weighted by molar-refractivity contribution is 7.80. The van der Waals surface area contributed by atoms with Crippen LogP contribution < -0.4 is 16.2 Å². The minimum absolute atomic E-state index is 0.0652. The molecule has 1 heterocycles. The molecule has 1 aliphatic rings. The van der Waals surface area contributed by atoms with E-state index in [2.05, 4.69) is 16.2 Å². The Hall–Kier alpha value is -3.86. The molecule has 0 spiro atoms. The molecule has 3 N–H and O–H groups in total. The van der Waals surface area contributed by atoms with Crippen molar-refractivity contribution in [2.75, 3.05) is 6.54 Å². The average Bonchev–Trinajstić information content (AvgIpc) is 3.13. The van der Waals surface area contributed by atoms with Gasteiger partial charge in [0.15, 0.2) is 5.11 Å². The number of nitrogens with zero attached hydrogens (tertiary/aromatic N) is 2. The zero-order chi connectivity index (χ0) is 22.4. The van der Waals surface area contributed by atoms with E-state index in [4.69, 9.17) is 12.2 Å². The smallest absolute Gasteiger partial charge is 0.282 e. The quantitative estimate of drug-likeness (QED) is 0.361. The number of hydrogen-bond acceptors (Lipinski definition) is 6. The molecule has 1 fully saturated rings. The number of carbonyl (C=O) groups excluding carboxylic acids is 3. The van der Waals surface area contributed by atoms with E-state index in [1.807, 2.05) is 30.3 Å². The summed E-state index contributed by atoms with van der Waals surface area (Å²) in [7, 11) is 0. The maximum Gasteiger partial charge on any atom is 0.282 e. The molecule has 1 atom stereocenters. The molecule has 11 heteroatoms. The number of hydrogen-bond donors (Lipinski definition) is 3. The molecule has 1 saturated heterocycles. The predicted molar refractivity (Wildman–Crippen MR) is 114 cm³/mol. The summed E-state index contributed by atoms with van der Waals surface area (Å²) in [5, 5.41) is 13.1. The molecule has 0 aromatic heterocycles. The van der Waals surface area contributed by atoms with Gasteiger partial charge in [-0.05, 0) is 23.8 Å². The van der Waals surface area contributed by atoms with Gasteiger partial charge in [-0.1, -0.05) is 42.5 Å². The monoisotopic (exact) mass is 441 g/mol. The first-order valence-electron chi connectivity index (χ1n) is 9.31. The summed E-state index contributed by atoms with van der Waals surface area (Å²) in [6, 6.07) is 14.9. The molecule has 3 amide bonds. The number of nitro groups is 1. The Labute approximate surface area is 182 Å². The molecule has 0 bridgehead atoms. The minimum Gasteiger partial charge on any atom is -0.338 e. The van der Waals surface area contributed by atoms with Crippen molar-refractivity contribution in [1.29, 1.82) is 0 Å². The Morgan fingerprint density at radius 1 is 1.10 bits per heavy atom. The Balaban J connectivity index is 1.49. The van der Waals surface area contributed by atoms with Crippen LogP contribution in [-0.2, 0) is 16.1 Å². The number of nitrogens with one attached hydrogen (secondary N) is 3. The van der Waals surface area contributed by atoms with Crippen LogP contribution >= 0.6 is 12.2 Å². The molecule has 3 rings (SSSR count). The molecule has 2 aromatic rings. The fourth-order valence-corrected chi connectivity index (χ4v) is 3.30. The van der Waals surface area contributed by atoms with E-state index in [1.54, 1.807) is 4.90 Å². The van der Waals surface area contributed by atoms with Gasteiger partial charge >= 0.3 is 0 Å². The number of rotatable bonds is 5. The summed E-state index contributed by atoms with van der Waals surface area (Å²) in [5.74, 6) is -1.94. The second kappa shape index (κ2) is 9.76. The van der Waals surface area contributed by atoms with Crippen LogP contribution in [0.3, 0.4) is 0 Å². The summed E-state index contributed by atoms with van der Waals surface area (Å²) >= 11 is 4.96. The van der Waals surface area contributed by atoms with E-state index in [-0.39, 0.29) is 35.2 Å². The number of carbonyl (C=O) groups is 3. The van der Waals surface area contributed by atoms with E-state index in [9.17, 15) is 24.5 Å². The number of nitro benzene ring substituents is 1. The van der Waals surface area contributed by atoms with Gasteiger partial charge in [-0.15, -0.1) is 0 Å². The molecule has 31 heavy (non-hydrogen) atoms. The second-order valence-corrected chi connectivity index (χ2v) is 7.24. The van der Waals surface area contributed by atoms with E-state index in [0.717, 1.165) is 5.56 Å². The zero-order valence-electron chi connectivity index (χ0n) is 16.2. The van der Waals surface area contributed by atoms with Gasteiger partial charge in [-0.2, -0.15) is 0 Å². The highest BCUT2D eigenvalue weighted by Crippen LogP contribution is 2.20. The van der Waals surface area contributed by atoms with E-state index in [0.29, 0.717) is 6.54 Å². The fraction of sp³-hybridized carbons (Fsp3) is 0.200. The first-order valence-corrected chi connectivity index (χ1v) is 9.72. The van der Waals surface area contributed by atoms with Crippen LogP contribution in [0.1, 0.15) is 22.3 Å². The van der Waals surface area contributed by atoms with Gasteiger partial charge in [0.25, 0.3) is 11.6 Å². The Kier molecular flexibility index (Phi) is 6.88. The molecule has 0 aliphatic carbocycles. The Morgan fingerprint density at radius 3 is 2.48 bits per heavy atom. The highest BCUT2D eigenvalue weighted by atomic mass is 32.1. The van der Waals surface area contributed by atoms with E-state index >= 15 is 0 Å². The molecular formula is C20H19N5O5S. The van der Waals surface area contributed by atoms with Crippen molar-refractivity contribution in [3.05, 3.63) is 75.8 Å². The van der Waals surface area contributed by atoms with Crippen molar-refractivity contribution in [3.8, 4) is 0 Å². The maximum absolute atomic E-state index is 12.4. The van der Waals surface area contributed by atoms with Gasteiger partial charge in [0, 0.05) is 25.6 Å². The van der Waals surface area contributed by atoms with Gasteiger partial charge in [0.05, 0.1) is 10.8 Å². The third-order valence-electron chi connectivity index (χ3n) is 4.67.